The second kappa shape index (κ2) is 5.97. The smallest absolute Gasteiger partial charge is 0.163 e. The van der Waals surface area contributed by atoms with Crippen molar-refractivity contribution in [3.63, 3.8) is 0 Å². The van der Waals surface area contributed by atoms with E-state index in [0.29, 0.717) is 12.5 Å². The van der Waals surface area contributed by atoms with Gasteiger partial charge >= 0.3 is 0 Å². The zero-order valence-electron chi connectivity index (χ0n) is 10.4. The van der Waals surface area contributed by atoms with Crippen LogP contribution in [0.15, 0.2) is 24.3 Å². The van der Waals surface area contributed by atoms with Crippen LogP contribution >= 0.6 is 0 Å². The Morgan fingerprint density at radius 2 is 2.18 bits per heavy atom. The number of hydrogen-bond acceptors (Lipinski definition) is 2. The molecule has 2 nitrogen and oxygen atoms in total. The van der Waals surface area contributed by atoms with Crippen LogP contribution in [0.1, 0.15) is 48.0 Å². The molecule has 2 heteroatoms. The molecular weight excluding hydrogens is 212 g/mol. The first kappa shape index (κ1) is 12.3. The molecule has 0 radical (unpaired) electrons. The molecule has 0 aromatic heterocycles. The van der Waals surface area contributed by atoms with Crippen molar-refractivity contribution in [3.05, 3.63) is 35.4 Å². The molecule has 0 amide bonds. The minimum Gasteiger partial charge on any atom is -0.378 e. The maximum atomic E-state index is 12.1. The van der Waals surface area contributed by atoms with Gasteiger partial charge in [0.15, 0.2) is 5.78 Å². The number of benzene rings is 1. The largest absolute Gasteiger partial charge is 0.378 e. The zero-order valence-corrected chi connectivity index (χ0v) is 10.4. The van der Waals surface area contributed by atoms with Crippen LogP contribution in [0, 0.1) is 6.92 Å². The second-order valence-electron chi connectivity index (χ2n) is 4.77. The third-order valence-corrected chi connectivity index (χ3v) is 3.41. The molecule has 17 heavy (non-hydrogen) atoms. The van der Waals surface area contributed by atoms with Gasteiger partial charge in [-0.25, -0.2) is 0 Å². The summed E-state index contributed by atoms with van der Waals surface area (Å²) in [6.45, 7) is 2.85. The predicted molar refractivity (Wildman–Crippen MR) is 68.3 cm³/mol. The van der Waals surface area contributed by atoms with Crippen LogP contribution in [0.3, 0.4) is 0 Å². The lowest BCUT2D eigenvalue weighted by atomic mass is 9.98. The number of rotatable bonds is 4. The minimum absolute atomic E-state index is 0.247. The normalized spacial score (nSPS) is 20.2. The SMILES string of the molecule is Cc1ccccc1C(=O)CCC1CCCCO1. The number of carbonyl (C=O) groups is 1. The Morgan fingerprint density at radius 1 is 1.35 bits per heavy atom. The summed E-state index contributed by atoms with van der Waals surface area (Å²) in [5.74, 6) is 0.247. The van der Waals surface area contributed by atoms with Gasteiger partial charge in [0, 0.05) is 18.6 Å². The van der Waals surface area contributed by atoms with E-state index in [9.17, 15) is 4.79 Å². The first-order chi connectivity index (χ1) is 8.27. The summed E-state index contributed by atoms with van der Waals surface area (Å²) < 4.78 is 5.64. The van der Waals surface area contributed by atoms with Crippen LogP contribution in [0.5, 0.6) is 0 Å². The lowest BCUT2D eigenvalue weighted by Crippen LogP contribution is -2.20. The van der Waals surface area contributed by atoms with Gasteiger partial charge in [-0.2, -0.15) is 0 Å². The van der Waals surface area contributed by atoms with Crippen LogP contribution in [0.4, 0.5) is 0 Å². The molecular formula is C15H20O2. The maximum absolute atomic E-state index is 12.1. The summed E-state index contributed by atoms with van der Waals surface area (Å²) in [6, 6.07) is 7.80. The molecule has 1 aliphatic rings. The van der Waals surface area contributed by atoms with Crippen LogP contribution < -0.4 is 0 Å². The van der Waals surface area contributed by atoms with E-state index in [0.717, 1.165) is 30.6 Å². The topological polar surface area (TPSA) is 26.3 Å². The van der Waals surface area contributed by atoms with Crippen molar-refractivity contribution >= 4 is 5.78 Å². The lowest BCUT2D eigenvalue weighted by Gasteiger charge is -2.22. The highest BCUT2D eigenvalue weighted by molar-refractivity contribution is 5.97. The van der Waals surface area contributed by atoms with E-state index in [-0.39, 0.29) is 5.78 Å². The summed E-state index contributed by atoms with van der Waals surface area (Å²) in [5, 5.41) is 0. The quantitative estimate of drug-likeness (QED) is 0.742. The fraction of sp³-hybridized carbons (Fsp3) is 0.533. The Morgan fingerprint density at radius 3 is 2.88 bits per heavy atom. The van der Waals surface area contributed by atoms with Gasteiger partial charge in [0.25, 0.3) is 0 Å². The molecule has 0 N–H and O–H groups in total. The molecule has 0 bridgehead atoms. The van der Waals surface area contributed by atoms with E-state index < -0.39 is 0 Å². The van der Waals surface area contributed by atoms with Gasteiger partial charge in [-0.05, 0) is 38.2 Å². The van der Waals surface area contributed by atoms with Gasteiger partial charge in [-0.3, -0.25) is 4.79 Å². The van der Waals surface area contributed by atoms with Gasteiger partial charge in [-0.1, -0.05) is 24.3 Å². The first-order valence-electron chi connectivity index (χ1n) is 6.48. The van der Waals surface area contributed by atoms with Crippen molar-refractivity contribution < 1.29 is 9.53 Å². The highest BCUT2D eigenvalue weighted by Gasteiger charge is 2.16. The van der Waals surface area contributed by atoms with Gasteiger partial charge in [0.1, 0.15) is 0 Å². The third kappa shape index (κ3) is 3.40. The molecule has 1 saturated heterocycles. The molecule has 1 aliphatic heterocycles. The van der Waals surface area contributed by atoms with Gasteiger partial charge < -0.3 is 4.74 Å². The second-order valence-corrected chi connectivity index (χ2v) is 4.77. The average Bonchev–Trinajstić information content (AvgIpc) is 2.38. The van der Waals surface area contributed by atoms with Crippen molar-refractivity contribution in [2.24, 2.45) is 0 Å². The molecule has 1 atom stereocenters. The molecule has 2 rings (SSSR count). The van der Waals surface area contributed by atoms with Crippen LogP contribution in [0.2, 0.25) is 0 Å². The highest BCUT2D eigenvalue weighted by atomic mass is 16.5. The Kier molecular flexibility index (Phi) is 4.32. The number of Topliss-reactive ketones (excluding diaryl/α,β-unsaturated/α-hetero) is 1. The predicted octanol–water partition coefficient (Wildman–Crippen LogP) is 3.53. The standard InChI is InChI=1S/C15H20O2/c1-12-6-2-3-8-14(12)15(16)10-9-13-7-4-5-11-17-13/h2-3,6,8,13H,4-5,7,9-11H2,1H3. The van der Waals surface area contributed by atoms with E-state index in [1.165, 1.54) is 12.8 Å². The molecule has 0 saturated carbocycles. The van der Waals surface area contributed by atoms with Crippen molar-refractivity contribution in [2.75, 3.05) is 6.61 Å². The van der Waals surface area contributed by atoms with Crippen molar-refractivity contribution in [1.29, 1.82) is 0 Å². The summed E-state index contributed by atoms with van der Waals surface area (Å²) in [6.07, 6.45) is 5.30. The van der Waals surface area contributed by atoms with Crippen molar-refractivity contribution in [3.8, 4) is 0 Å². The van der Waals surface area contributed by atoms with Crippen LogP contribution in [-0.4, -0.2) is 18.5 Å². The Hall–Kier alpha value is -1.15. The number of ether oxygens (including phenoxy) is 1. The number of hydrogen-bond donors (Lipinski definition) is 0. The van der Waals surface area contributed by atoms with Gasteiger partial charge in [-0.15, -0.1) is 0 Å². The fourth-order valence-corrected chi connectivity index (χ4v) is 2.35. The lowest BCUT2D eigenvalue weighted by molar-refractivity contribution is 0.0104. The molecule has 1 aromatic rings. The van der Waals surface area contributed by atoms with Gasteiger partial charge in [0.05, 0.1) is 6.10 Å². The summed E-state index contributed by atoms with van der Waals surface area (Å²) in [4.78, 5) is 12.1. The van der Waals surface area contributed by atoms with Gasteiger partial charge in [0.2, 0.25) is 0 Å². The van der Waals surface area contributed by atoms with E-state index in [2.05, 4.69) is 0 Å². The molecule has 0 spiro atoms. The molecule has 92 valence electrons. The molecule has 1 unspecified atom stereocenters. The Balaban J connectivity index is 1.87. The Labute approximate surface area is 103 Å². The van der Waals surface area contributed by atoms with Crippen molar-refractivity contribution in [1.82, 2.24) is 0 Å². The highest BCUT2D eigenvalue weighted by Crippen LogP contribution is 2.19. The Bertz CT molecular complexity index is 378. The van der Waals surface area contributed by atoms with E-state index in [1.807, 2.05) is 31.2 Å². The average molecular weight is 232 g/mol. The first-order valence-corrected chi connectivity index (χ1v) is 6.48. The van der Waals surface area contributed by atoms with E-state index in [4.69, 9.17) is 4.74 Å². The molecule has 1 aromatic carbocycles. The molecule has 1 fully saturated rings. The van der Waals surface area contributed by atoms with Crippen LogP contribution in [0.25, 0.3) is 0 Å². The van der Waals surface area contributed by atoms with Crippen molar-refractivity contribution in [2.45, 2.75) is 45.1 Å². The third-order valence-electron chi connectivity index (χ3n) is 3.41. The monoisotopic (exact) mass is 232 g/mol. The number of carbonyl (C=O) groups excluding carboxylic acids is 1. The fourth-order valence-electron chi connectivity index (χ4n) is 2.35. The zero-order chi connectivity index (χ0) is 12.1. The minimum atomic E-state index is 0.247. The summed E-state index contributed by atoms with van der Waals surface area (Å²) in [7, 11) is 0. The number of aryl methyl sites for hydroxylation is 1. The number of ketones is 1. The molecule has 0 aliphatic carbocycles. The maximum Gasteiger partial charge on any atom is 0.163 e. The summed E-state index contributed by atoms with van der Waals surface area (Å²) in [5.41, 5.74) is 1.94. The van der Waals surface area contributed by atoms with Crippen LogP contribution in [-0.2, 0) is 4.74 Å². The van der Waals surface area contributed by atoms with E-state index >= 15 is 0 Å². The van der Waals surface area contributed by atoms with E-state index in [1.54, 1.807) is 0 Å². The molecule has 1 heterocycles. The summed E-state index contributed by atoms with van der Waals surface area (Å²) >= 11 is 0.